The topological polar surface area (TPSA) is 78.8 Å². The van der Waals surface area contributed by atoms with Gasteiger partial charge in [-0.2, -0.15) is 5.26 Å². The van der Waals surface area contributed by atoms with E-state index in [1.807, 2.05) is 30.3 Å². The number of nitriles is 1. The molecule has 3 rings (SSSR count). The largest absolute Gasteiger partial charge is 0.497 e. The number of halogens is 2. The normalized spacial score (nSPS) is 11.7. The summed E-state index contributed by atoms with van der Waals surface area (Å²) in [6.45, 7) is 1.47. The summed E-state index contributed by atoms with van der Waals surface area (Å²) in [6.07, 6.45) is 0. The van der Waals surface area contributed by atoms with Gasteiger partial charge in [0.15, 0.2) is 5.16 Å². The first kappa shape index (κ1) is 20.6. The molecule has 2 aromatic carbocycles. The molecule has 0 aliphatic carbocycles. The van der Waals surface area contributed by atoms with Gasteiger partial charge in [-0.15, -0.1) is 0 Å². The molecule has 0 bridgehead atoms. The van der Waals surface area contributed by atoms with E-state index in [1.165, 1.54) is 24.8 Å². The molecule has 1 atom stereocenters. The molecule has 0 saturated carbocycles. The fourth-order valence-corrected chi connectivity index (χ4v) is 3.62. The second kappa shape index (κ2) is 8.88. The highest BCUT2D eigenvalue weighted by atomic mass is 32.2. The Kier molecular flexibility index (Phi) is 6.29. The molecule has 1 heterocycles. The van der Waals surface area contributed by atoms with Crippen LogP contribution in [-0.2, 0) is 5.75 Å². The van der Waals surface area contributed by atoms with Gasteiger partial charge in [-0.25, -0.2) is 13.8 Å². The van der Waals surface area contributed by atoms with Crippen LogP contribution in [0.4, 0.5) is 8.78 Å². The predicted octanol–water partition coefficient (Wildman–Crippen LogP) is 4.31. The van der Waals surface area contributed by atoms with Crippen LogP contribution in [0.3, 0.4) is 0 Å². The van der Waals surface area contributed by atoms with E-state index in [1.54, 1.807) is 7.11 Å². The first-order valence-corrected chi connectivity index (χ1v) is 9.63. The minimum absolute atomic E-state index is 0.0393. The van der Waals surface area contributed by atoms with Crippen LogP contribution in [0, 0.1) is 29.9 Å². The summed E-state index contributed by atoms with van der Waals surface area (Å²) < 4.78 is 33.6. The summed E-state index contributed by atoms with van der Waals surface area (Å²) in [5.41, 5.74) is 0.287. The van der Waals surface area contributed by atoms with Gasteiger partial charge in [-0.05, 0) is 36.8 Å². The molecule has 29 heavy (non-hydrogen) atoms. The van der Waals surface area contributed by atoms with Crippen molar-refractivity contribution < 1.29 is 13.5 Å². The van der Waals surface area contributed by atoms with Gasteiger partial charge < -0.3 is 9.72 Å². The van der Waals surface area contributed by atoms with Crippen LogP contribution in [0.15, 0.2) is 52.4 Å². The highest BCUT2D eigenvalue weighted by molar-refractivity contribution is 7.98. The third-order valence-corrected chi connectivity index (χ3v) is 5.34. The summed E-state index contributed by atoms with van der Waals surface area (Å²) in [5, 5.41) is 9.86. The zero-order valence-electron chi connectivity index (χ0n) is 15.7. The molecule has 0 saturated heterocycles. The second-order valence-electron chi connectivity index (χ2n) is 6.22. The number of benzene rings is 2. The molecule has 8 heteroatoms. The Balaban J connectivity index is 1.94. The second-order valence-corrected chi connectivity index (χ2v) is 7.18. The van der Waals surface area contributed by atoms with Gasteiger partial charge in [0.25, 0.3) is 5.56 Å². The van der Waals surface area contributed by atoms with Crippen molar-refractivity contribution in [3.63, 3.8) is 0 Å². The van der Waals surface area contributed by atoms with Gasteiger partial charge in [-0.3, -0.25) is 4.79 Å². The van der Waals surface area contributed by atoms with Gasteiger partial charge in [-0.1, -0.05) is 30.0 Å². The number of hydrogen-bond donors (Lipinski definition) is 1. The Labute approximate surface area is 170 Å². The van der Waals surface area contributed by atoms with Crippen LogP contribution in [0.25, 0.3) is 0 Å². The Morgan fingerprint density at radius 3 is 2.45 bits per heavy atom. The van der Waals surface area contributed by atoms with Crippen molar-refractivity contribution >= 4 is 11.8 Å². The number of aromatic nitrogens is 2. The van der Waals surface area contributed by atoms with E-state index in [9.17, 15) is 18.8 Å². The Bertz CT molecular complexity index is 1100. The molecular formula is C21H17F2N3O2S. The Morgan fingerprint density at radius 2 is 1.86 bits per heavy atom. The summed E-state index contributed by atoms with van der Waals surface area (Å²) in [4.78, 5) is 19.3. The summed E-state index contributed by atoms with van der Waals surface area (Å²) in [6, 6.07) is 12.6. The van der Waals surface area contributed by atoms with Crippen LogP contribution in [0.2, 0.25) is 0 Å². The van der Waals surface area contributed by atoms with Gasteiger partial charge in [0, 0.05) is 16.9 Å². The van der Waals surface area contributed by atoms with Crippen molar-refractivity contribution in [3.8, 4) is 11.8 Å². The van der Waals surface area contributed by atoms with Gasteiger partial charge >= 0.3 is 0 Å². The first-order valence-electron chi connectivity index (χ1n) is 8.64. The molecule has 1 N–H and O–H groups in total. The fraction of sp³-hybridized carbons (Fsp3) is 0.190. The quantitative estimate of drug-likeness (QED) is 0.481. The molecule has 1 aromatic heterocycles. The number of nitrogens with one attached hydrogen (secondary N) is 1. The molecule has 5 nitrogen and oxygen atoms in total. The smallest absolute Gasteiger partial charge is 0.254 e. The summed E-state index contributed by atoms with van der Waals surface area (Å²) >= 11 is 1.25. The summed E-state index contributed by atoms with van der Waals surface area (Å²) in [7, 11) is 1.58. The van der Waals surface area contributed by atoms with Crippen molar-refractivity contribution in [2.45, 2.75) is 23.8 Å². The SMILES string of the molecule is COc1ccc(CSc2nc(C(C#N)c3c(F)cccc3F)c(C)c(=O)[nH]2)cc1. The molecule has 1 unspecified atom stereocenters. The van der Waals surface area contributed by atoms with E-state index >= 15 is 0 Å². The third kappa shape index (κ3) is 4.46. The van der Waals surface area contributed by atoms with Gasteiger partial charge in [0.2, 0.25) is 0 Å². The van der Waals surface area contributed by atoms with Crippen LogP contribution in [-0.4, -0.2) is 17.1 Å². The molecule has 0 aliphatic heterocycles. The molecule has 0 radical (unpaired) electrons. The number of hydrogen-bond acceptors (Lipinski definition) is 5. The number of nitrogens with zero attached hydrogens (tertiary/aromatic N) is 2. The van der Waals surface area contributed by atoms with E-state index in [0.717, 1.165) is 23.4 Å². The van der Waals surface area contributed by atoms with Crippen molar-refractivity contribution in [1.29, 1.82) is 5.26 Å². The number of rotatable bonds is 6. The van der Waals surface area contributed by atoms with Crippen molar-refractivity contribution in [2.24, 2.45) is 0 Å². The molecule has 148 valence electrons. The van der Waals surface area contributed by atoms with Crippen molar-refractivity contribution in [1.82, 2.24) is 9.97 Å². The number of aromatic amines is 1. The van der Waals surface area contributed by atoms with Crippen LogP contribution in [0.5, 0.6) is 5.75 Å². The minimum atomic E-state index is -1.33. The molecular weight excluding hydrogens is 396 g/mol. The van der Waals surface area contributed by atoms with Crippen molar-refractivity contribution in [3.05, 3.63) is 86.8 Å². The first-order chi connectivity index (χ1) is 13.9. The lowest BCUT2D eigenvalue weighted by atomic mass is 9.93. The van der Waals surface area contributed by atoms with Gasteiger partial charge in [0.1, 0.15) is 23.3 Å². The maximum Gasteiger partial charge on any atom is 0.254 e. The van der Waals surface area contributed by atoms with Crippen LogP contribution < -0.4 is 10.3 Å². The standard InChI is InChI=1S/C21H17F2N3O2S/c1-12-19(15(10-24)18-16(22)4-3-5-17(18)23)25-21(26-20(12)27)29-11-13-6-8-14(28-2)9-7-13/h3-9,15H,11H2,1-2H3,(H,25,26,27). The molecule has 0 aliphatic rings. The molecule has 0 spiro atoms. The predicted molar refractivity (Wildman–Crippen MR) is 106 cm³/mol. The maximum absolute atomic E-state index is 14.2. The lowest BCUT2D eigenvalue weighted by Gasteiger charge is -2.14. The zero-order valence-corrected chi connectivity index (χ0v) is 16.5. The molecule has 3 aromatic rings. The number of thioether (sulfide) groups is 1. The van der Waals surface area contributed by atoms with E-state index in [-0.39, 0.29) is 16.4 Å². The number of ether oxygens (including phenoxy) is 1. The third-order valence-electron chi connectivity index (χ3n) is 4.39. The minimum Gasteiger partial charge on any atom is -0.497 e. The van der Waals surface area contributed by atoms with Crippen LogP contribution in [0.1, 0.15) is 28.3 Å². The Hall–Kier alpha value is -3.18. The highest BCUT2D eigenvalue weighted by Gasteiger charge is 2.26. The Morgan fingerprint density at radius 1 is 1.21 bits per heavy atom. The molecule has 0 amide bonds. The van der Waals surface area contributed by atoms with Crippen molar-refractivity contribution in [2.75, 3.05) is 7.11 Å². The fourth-order valence-electron chi connectivity index (χ4n) is 2.80. The lowest BCUT2D eigenvalue weighted by molar-refractivity contribution is 0.414. The maximum atomic E-state index is 14.2. The monoisotopic (exact) mass is 413 g/mol. The van der Waals surface area contributed by atoms with E-state index in [0.29, 0.717) is 5.75 Å². The number of H-pyrrole nitrogens is 1. The van der Waals surface area contributed by atoms with Crippen LogP contribution >= 0.6 is 11.8 Å². The average Bonchev–Trinajstić information content (AvgIpc) is 2.72. The van der Waals surface area contributed by atoms with E-state index in [2.05, 4.69) is 9.97 Å². The van der Waals surface area contributed by atoms with E-state index in [4.69, 9.17) is 4.74 Å². The lowest BCUT2D eigenvalue weighted by Crippen LogP contribution is -2.19. The number of methoxy groups -OCH3 is 1. The highest BCUT2D eigenvalue weighted by Crippen LogP contribution is 2.30. The summed E-state index contributed by atoms with van der Waals surface area (Å²) in [5.74, 6) is -1.82. The molecule has 0 fully saturated rings. The zero-order chi connectivity index (χ0) is 21.0. The van der Waals surface area contributed by atoms with E-state index < -0.39 is 28.7 Å². The average molecular weight is 413 g/mol. The van der Waals surface area contributed by atoms with Gasteiger partial charge in [0.05, 0.1) is 18.9 Å².